The maximum absolute atomic E-state index is 12.3. The van der Waals surface area contributed by atoms with Gasteiger partial charge in [-0.25, -0.2) is 4.90 Å². The predicted molar refractivity (Wildman–Crippen MR) is 138 cm³/mol. The van der Waals surface area contributed by atoms with Gasteiger partial charge in [-0.3, -0.25) is 9.59 Å². The first kappa shape index (κ1) is 22.1. The van der Waals surface area contributed by atoms with E-state index in [1.165, 1.54) is 28.2 Å². The normalized spacial score (nSPS) is 22.4. The number of nitrogens with zero attached hydrogens (tertiary/aromatic N) is 1. The van der Waals surface area contributed by atoms with Crippen LogP contribution in [-0.2, 0) is 9.59 Å². The lowest BCUT2D eigenvalue weighted by molar-refractivity contribution is -0.119. The van der Waals surface area contributed by atoms with Gasteiger partial charge in [0.2, 0.25) is 0 Å². The first-order valence-corrected chi connectivity index (χ1v) is 12.0. The van der Waals surface area contributed by atoms with Gasteiger partial charge in [0, 0.05) is 18.1 Å². The van der Waals surface area contributed by atoms with Gasteiger partial charge in [0.15, 0.2) is 0 Å². The number of rotatable bonds is 5. The van der Waals surface area contributed by atoms with Gasteiger partial charge in [-0.1, -0.05) is 85.4 Å². The molecule has 2 aromatic carbocycles. The molecule has 3 atom stereocenters. The van der Waals surface area contributed by atoms with Crippen LogP contribution in [0.5, 0.6) is 0 Å². The molecule has 3 aliphatic rings. The van der Waals surface area contributed by atoms with Crippen LogP contribution in [0.1, 0.15) is 36.8 Å². The van der Waals surface area contributed by atoms with E-state index in [-0.39, 0.29) is 17.7 Å². The van der Waals surface area contributed by atoms with E-state index in [1.54, 1.807) is 0 Å². The van der Waals surface area contributed by atoms with Crippen molar-refractivity contribution in [3.63, 3.8) is 0 Å². The van der Waals surface area contributed by atoms with Crippen LogP contribution in [0.4, 0.5) is 5.69 Å². The molecule has 0 bridgehead atoms. The first-order chi connectivity index (χ1) is 16.5. The monoisotopic (exact) mass is 447 g/mol. The molecule has 170 valence electrons. The van der Waals surface area contributed by atoms with Crippen molar-refractivity contribution in [3.8, 4) is 11.1 Å². The third-order valence-electron chi connectivity index (χ3n) is 7.17. The molecule has 0 saturated carbocycles. The minimum Gasteiger partial charge on any atom is -0.269 e. The molecule has 0 spiro atoms. The summed E-state index contributed by atoms with van der Waals surface area (Å²) in [6.45, 7) is 4.38. The highest BCUT2D eigenvalue weighted by Crippen LogP contribution is 2.45. The fourth-order valence-electron chi connectivity index (χ4n) is 5.39. The van der Waals surface area contributed by atoms with Crippen LogP contribution in [0, 0.1) is 18.8 Å². The molecular formula is C31H29NO2. The predicted octanol–water partition coefficient (Wildman–Crippen LogP) is 6.83. The number of anilines is 1. The van der Waals surface area contributed by atoms with Gasteiger partial charge in [0.05, 0.1) is 5.69 Å². The Morgan fingerprint density at radius 3 is 2.41 bits per heavy atom. The van der Waals surface area contributed by atoms with Crippen molar-refractivity contribution in [2.45, 2.75) is 32.6 Å². The minimum atomic E-state index is -0.293. The van der Waals surface area contributed by atoms with Gasteiger partial charge in [-0.15, -0.1) is 0 Å². The van der Waals surface area contributed by atoms with Crippen LogP contribution in [0.15, 0.2) is 103 Å². The van der Waals surface area contributed by atoms with E-state index in [4.69, 9.17) is 0 Å². The lowest BCUT2D eigenvalue weighted by atomic mass is 9.70. The number of amides is 2. The molecule has 1 heterocycles. The summed E-state index contributed by atoms with van der Waals surface area (Å²) in [7, 11) is 0. The summed E-state index contributed by atoms with van der Waals surface area (Å²) in [5.74, 6) is 0.444. The summed E-state index contributed by atoms with van der Waals surface area (Å²) < 4.78 is 0. The average molecular weight is 448 g/mol. The fourth-order valence-corrected chi connectivity index (χ4v) is 5.39. The van der Waals surface area contributed by atoms with Crippen molar-refractivity contribution in [2.75, 3.05) is 4.90 Å². The second-order valence-corrected chi connectivity index (χ2v) is 9.32. The Hall–Kier alpha value is -3.72. The third-order valence-corrected chi connectivity index (χ3v) is 7.17. The number of allylic oxidation sites excluding steroid dienone is 8. The van der Waals surface area contributed by atoms with Crippen molar-refractivity contribution in [2.24, 2.45) is 11.8 Å². The third kappa shape index (κ3) is 4.03. The van der Waals surface area contributed by atoms with Crippen molar-refractivity contribution in [1.82, 2.24) is 0 Å². The van der Waals surface area contributed by atoms with Crippen molar-refractivity contribution < 1.29 is 9.59 Å². The summed E-state index contributed by atoms with van der Waals surface area (Å²) in [6.07, 6.45) is 20.4. The van der Waals surface area contributed by atoms with E-state index in [0.717, 1.165) is 29.5 Å². The van der Waals surface area contributed by atoms with Gasteiger partial charge in [0.25, 0.3) is 11.8 Å². The van der Waals surface area contributed by atoms with Gasteiger partial charge < -0.3 is 0 Å². The van der Waals surface area contributed by atoms with E-state index >= 15 is 0 Å². The molecule has 3 unspecified atom stereocenters. The smallest absolute Gasteiger partial charge is 0.258 e. The molecule has 5 rings (SSSR count). The zero-order chi connectivity index (χ0) is 23.7. The highest BCUT2D eigenvalue weighted by atomic mass is 16.2. The Bertz CT molecular complexity index is 1270. The van der Waals surface area contributed by atoms with Crippen LogP contribution >= 0.6 is 0 Å². The number of imide groups is 1. The molecule has 3 nitrogen and oxygen atoms in total. The van der Waals surface area contributed by atoms with Gasteiger partial charge in [0.1, 0.15) is 0 Å². The summed E-state index contributed by atoms with van der Waals surface area (Å²) >= 11 is 0. The SMILES string of the molecule is Cc1ccc(N2C(=O)C=CC2=O)cc1-c1ccccc1C(C1=CC=CCC1)C1C=CC=CC1C. The summed E-state index contributed by atoms with van der Waals surface area (Å²) in [6, 6.07) is 14.5. The molecule has 0 N–H and O–H groups in total. The van der Waals surface area contributed by atoms with Crippen molar-refractivity contribution in [3.05, 3.63) is 114 Å². The zero-order valence-electron chi connectivity index (χ0n) is 19.6. The van der Waals surface area contributed by atoms with E-state index in [9.17, 15) is 9.59 Å². The van der Waals surface area contributed by atoms with Crippen LogP contribution in [0.3, 0.4) is 0 Å². The molecule has 34 heavy (non-hydrogen) atoms. The number of aryl methyl sites for hydroxylation is 1. The van der Waals surface area contributed by atoms with Crippen LogP contribution in [0.2, 0.25) is 0 Å². The molecular weight excluding hydrogens is 418 g/mol. The topological polar surface area (TPSA) is 37.4 Å². The van der Waals surface area contributed by atoms with E-state index in [0.29, 0.717) is 17.5 Å². The van der Waals surface area contributed by atoms with Gasteiger partial charge in [-0.05, 0) is 66.0 Å². The van der Waals surface area contributed by atoms with Gasteiger partial charge >= 0.3 is 0 Å². The quantitative estimate of drug-likeness (QED) is 0.471. The molecule has 0 aromatic heterocycles. The second-order valence-electron chi connectivity index (χ2n) is 9.32. The Kier molecular flexibility index (Phi) is 6.02. The molecule has 1 aliphatic heterocycles. The van der Waals surface area contributed by atoms with Crippen LogP contribution in [0.25, 0.3) is 11.1 Å². The standard InChI is InChI=1S/C31H29NO2/c1-21-10-6-7-13-25(21)31(23-11-4-3-5-12-23)27-15-9-8-14-26(27)28-20-24(17-16-22(28)2)32-29(33)18-19-30(32)34/h3-4,6-11,13-21,25,31H,5,12H2,1-2H3. The molecule has 2 aliphatic carbocycles. The highest BCUT2D eigenvalue weighted by Gasteiger charge is 2.31. The molecule has 0 fully saturated rings. The summed E-state index contributed by atoms with van der Waals surface area (Å²) in [5.41, 5.74) is 6.69. The summed E-state index contributed by atoms with van der Waals surface area (Å²) in [5, 5.41) is 0. The Morgan fingerprint density at radius 2 is 1.68 bits per heavy atom. The number of carbonyl (C=O) groups is 2. The lowest BCUT2D eigenvalue weighted by Crippen LogP contribution is -2.29. The summed E-state index contributed by atoms with van der Waals surface area (Å²) in [4.78, 5) is 25.9. The molecule has 0 radical (unpaired) electrons. The maximum Gasteiger partial charge on any atom is 0.258 e. The van der Waals surface area contributed by atoms with E-state index in [2.05, 4.69) is 80.6 Å². The fraction of sp³-hybridized carbons (Fsp3) is 0.226. The lowest BCUT2D eigenvalue weighted by Gasteiger charge is -2.34. The minimum absolute atomic E-state index is 0.247. The van der Waals surface area contributed by atoms with Gasteiger partial charge in [-0.2, -0.15) is 0 Å². The largest absolute Gasteiger partial charge is 0.269 e. The molecule has 2 aromatic rings. The Morgan fingerprint density at radius 1 is 0.912 bits per heavy atom. The first-order valence-electron chi connectivity index (χ1n) is 12.0. The average Bonchev–Trinajstić information content (AvgIpc) is 3.20. The maximum atomic E-state index is 12.3. The number of benzene rings is 2. The number of hydrogen-bond acceptors (Lipinski definition) is 2. The van der Waals surface area contributed by atoms with Crippen molar-refractivity contribution in [1.29, 1.82) is 0 Å². The number of carbonyl (C=O) groups excluding carboxylic acids is 2. The molecule has 3 heteroatoms. The zero-order valence-corrected chi connectivity index (χ0v) is 19.6. The molecule has 0 saturated heterocycles. The second kappa shape index (κ2) is 9.26. The number of hydrogen-bond donors (Lipinski definition) is 0. The van der Waals surface area contributed by atoms with Crippen LogP contribution < -0.4 is 4.90 Å². The highest BCUT2D eigenvalue weighted by molar-refractivity contribution is 6.28. The Labute approximate surface area is 201 Å². The Balaban J connectivity index is 1.65. The van der Waals surface area contributed by atoms with E-state index in [1.807, 2.05) is 18.2 Å². The van der Waals surface area contributed by atoms with Crippen LogP contribution in [-0.4, -0.2) is 11.8 Å². The molecule has 2 amide bonds. The van der Waals surface area contributed by atoms with Crippen molar-refractivity contribution >= 4 is 17.5 Å². The van der Waals surface area contributed by atoms with E-state index < -0.39 is 0 Å².